The molecule has 0 spiro atoms. The zero-order chi connectivity index (χ0) is 8.60. The first kappa shape index (κ1) is 7.56. The molecule has 0 aliphatic carbocycles. The number of rotatable bonds is 2. The summed E-state index contributed by atoms with van der Waals surface area (Å²) < 4.78 is 5.52. The Kier molecular flexibility index (Phi) is 1.55. The first-order valence-electron chi connectivity index (χ1n) is 4.13. The molecule has 0 amide bonds. The van der Waals surface area contributed by atoms with Gasteiger partial charge in [0.1, 0.15) is 11.7 Å². The fraction of sp³-hybridized carbons (Fsp3) is 0.273. The predicted octanol–water partition coefficient (Wildman–Crippen LogP) is 2.49. The summed E-state index contributed by atoms with van der Waals surface area (Å²) in [6.45, 7) is 5.81. The summed E-state index contributed by atoms with van der Waals surface area (Å²) in [7, 11) is 0. The molecule has 1 aromatic rings. The van der Waals surface area contributed by atoms with E-state index in [1.165, 1.54) is 5.56 Å². The van der Waals surface area contributed by atoms with Gasteiger partial charge in [-0.3, -0.25) is 0 Å². The lowest BCUT2D eigenvalue weighted by Gasteiger charge is -2.04. The zero-order valence-corrected chi connectivity index (χ0v) is 7.16. The number of hydrogen-bond donors (Lipinski definition) is 0. The first-order valence-corrected chi connectivity index (χ1v) is 4.13. The van der Waals surface area contributed by atoms with Crippen LogP contribution in [0, 0.1) is 0 Å². The van der Waals surface area contributed by atoms with Gasteiger partial charge >= 0.3 is 0 Å². The van der Waals surface area contributed by atoms with Gasteiger partial charge in [0.05, 0.1) is 0 Å². The van der Waals surface area contributed by atoms with E-state index in [9.17, 15) is 0 Å². The highest BCUT2D eigenvalue weighted by Crippen LogP contribution is 2.46. The monoisotopic (exact) mass is 160 g/mol. The van der Waals surface area contributed by atoms with Crippen LogP contribution in [0.25, 0.3) is 0 Å². The molecule has 0 saturated carbocycles. The quantitative estimate of drug-likeness (QED) is 0.478. The standard InChI is InChI=1S/C11H12O/c1-3-10-11(2,12-10)9-7-5-4-6-8-9/h3-8,10H,1H2,2H3. The summed E-state index contributed by atoms with van der Waals surface area (Å²) in [5.41, 5.74) is 1.12. The minimum absolute atomic E-state index is 0.108. The molecule has 1 nitrogen and oxygen atoms in total. The van der Waals surface area contributed by atoms with Gasteiger partial charge in [0.25, 0.3) is 0 Å². The van der Waals surface area contributed by atoms with E-state index in [1.807, 2.05) is 24.3 Å². The molecule has 1 aliphatic rings. The lowest BCUT2D eigenvalue weighted by atomic mass is 9.98. The molecule has 0 bridgehead atoms. The van der Waals surface area contributed by atoms with Crippen LogP contribution in [0.1, 0.15) is 12.5 Å². The minimum Gasteiger partial charge on any atom is -0.357 e. The fourth-order valence-corrected chi connectivity index (χ4v) is 1.50. The maximum atomic E-state index is 5.52. The zero-order valence-electron chi connectivity index (χ0n) is 7.16. The minimum atomic E-state index is -0.108. The van der Waals surface area contributed by atoms with Crippen molar-refractivity contribution < 1.29 is 4.74 Å². The molecule has 2 rings (SSSR count). The van der Waals surface area contributed by atoms with E-state index in [4.69, 9.17) is 4.74 Å². The van der Waals surface area contributed by atoms with Crippen LogP contribution in [0.15, 0.2) is 43.0 Å². The van der Waals surface area contributed by atoms with Crippen LogP contribution in [0.4, 0.5) is 0 Å². The maximum Gasteiger partial charge on any atom is 0.121 e. The van der Waals surface area contributed by atoms with E-state index in [-0.39, 0.29) is 11.7 Å². The highest BCUT2D eigenvalue weighted by Gasteiger charge is 2.51. The first-order chi connectivity index (χ1) is 5.77. The van der Waals surface area contributed by atoms with Gasteiger partial charge in [0, 0.05) is 0 Å². The van der Waals surface area contributed by atoms with Gasteiger partial charge in [-0.15, -0.1) is 6.58 Å². The maximum absolute atomic E-state index is 5.52. The van der Waals surface area contributed by atoms with Crippen molar-refractivity contribution in [2.45, 2.75) is 18.6 Å². The molecule has 12 heavy (non-hydrogen) atoms. The summed E-state index contributed by atoms with van der Waals surface area (Å²) in [6, 6.07) is 10.2. The van der Waals surface area contributed by atoms with Crippen molar-refractivity contribution in [3.63, 3.8) is 0 Å². The van der Waals surface area contributed by atoms with Crippen LogP contribution in [0.2, 0.25) is 0 Å². The number of benzene rings is 1. The van der Waals surface area contributed by atoms with Crippen molar-refractivity contribution in [2.75, 3.05) is 0 Å². The lowest BCUT2D eigenvalue weighted by Crippen LogP contribution is -2.05. The van der Waals surface area contributed by atoms with Crippen molar-refractivity contribution in [3.05, 3.63) is 48.6 Å². The molecule has 1 heteroatoms. The smallest absolute Gasteiger partial charge is 0.121 e. The van der Waals surface area contributed by atoms with Gasteiger partial charge < -0.3 is 4.74 Å². The average Bonchev–Trinajstić information content (AvgIpc) is 2.81. The summed E-state index contributed by atoms with van der Waals surface area (Å²) in [6.07, 6.45) is 2.05. The Morgan fingerprint density at radius 1 is 1.42 bits per heavy atom. The average molecular weight is 160 g/mol. The fourth-order valence-electron chi connectivity index (χ4n) is 1.50. The molecule has 2 unspecified atom stereocenters. The lowest BCUT2D eigenvalue weighted by molar-refractivity contribution is 0.320. The largest absolute Gasteiger partial charge is 0.357 e. The third-order valence-corrected chi connectivity index (χ3v) is 2.42. The second kappa shape index (κ2) is 2.46. The topological polar surface area (TPSA) is 12.5 Å². The van der Waals surface area contributed by atoms with E-state index >= 15 is 0 Å². The molecule has 1 aliphatic heterocycles. The van der Waals surface area contributed by atoms with Crippen LogP contribution >= 0.6 is 0 Å². The second-order valence-corrected chi connectivity index (χ2v) is 3.25. The normalized spacial score (nSPS) is 32.9. The Labute approximate surface area is 72.7 Å². The Balaban J connectivity index is 2.28. The summed E-state index contributed by atoms with van der Waals surface area (Å²) in [4.78, 5) is 0. The molecule has 62 valence electrons. The Bertz CT molecular complexity index is 291. The van der Waals surface area contributed by atoms with E-state index in [2.05, 4.69) is 25.6 Å². The predicted molar refractivity (Wildman–Crippen MR) is 48.9 cm³/mol. The molecule has 1 saturated heterocycles. The summed E-state index contributed by atoms with van der Waals surface area (Å²) >= 11 is 0. The van der Waals surface area contributed by atoms with E-state index in [1.54, 1.807) is 0 Å². The third kappa shape index (κ3) is 0.978. The van der Waals surface area contributed by atoms with Crippen molar-refractivity contribution in [1.82, 2.24) is 0 Å². The highest BCUT2D eigenvalue weighted by atomic mass is 16.6. The third-order valence-electron chi connectivity index (χ3n) is 2.42. The molecule has 1 aromatic carbocycles. The highest BCUT2D eigenvalue weighted by molar-refractivity contribution is 5.30. The van der Waals surface area contributed by atoms with Gasteiger partial charge in [0.15, 0.2) is 0 Å². The SMILES string of the molecule is C=CC1OC1(C)c1ccccc1. The molecular formula is C11H12O. The van der Waals surface area contributed by atoms with Crippen LogP contribution in [-0.2, 0) is 10.3 Å². The van der Waals surface area contributed by atoms with E-state index < -0.39 is 0 Å². The van der Waals surface area contributed by atoms with Crippen molar-refractivity contribution in [2.24, 2.45) is 0 Å². The number of hydrogen-bond acceptors (Lipinski definition) is 1. The van der Waals surface area contributed by atoms with Gasteiger partial charge in [0.2, 0.25) is 0 Å². The molecule has 2 atom stereocenters. The van der Waals surface area contributed by atoms with Crippen LogP contribution in [-0.4, -0.2) is 6.10 Å². The number of epoxide rings is 1. The summed E-state index contributed by atoms with van der Waals surface area (Å²) in [5.74, 6) is 0. The van der Waals surface area contributed by atoms with Crippen molar-refractivity contribution in [1.29, 1.82) is 0 Å². The molecule has 0 aromatic heterocycles. The van der Waals surface area contributed by atoms with Gasteiger partial charge in [-0.05, 0) is 12.5 Å². The molecule has 0 N–H and O–H groups in total. The second-order valence-electron chi connectivity index (χ2n) is 3.25. The summed E-state index contributed by atoms with van der Waals surface area (Å²) in [5, 5.41) is 0. The molecule has 1 fully saturated rings. The van der Waals surface area contributed by atoms with Gasteiger partial charge in [-0.1, -0.05) is 36.4 Å². The van der Waals surface area contributed by atoms with Crippen molar-refractivity contribution in [3.8, 4) is 0 Å². The van der Waals surface area contributed by atoms with E-state index in [0.717, 1.165) is 0 Å². The van der Waals surface area contributed by atoms with Crippen LogP contribution < -0.4 is 0 Å². The van der Waals surface area contributed by atoms with Crippen LogP contribution in [0.5, 0.6) is 0 Å². The molecule has 1 heterocycles. The molecular weight excluding hydrogens is 148 g/mol. The van der Waals surface area contributed by atoms with Crippen molar-refractivity contribution >= 4 is 0 Å². The van der Waals surface area contributed by atoms with Gasteiger partial charge in [-0.2, -0.15) is 0 Å². The number of ether oxygens (including phenoxy) is 1. The molecule has 0 radical (unpaired) electrons. The van der Waals surface area contributed by atoms with E-state index in [0.29, 0.717) is 0 Å². The van der Waals surface area contributed by atoms with Gasteiger partial charge in [-0.25, -0.2) is 0 Å². The van der Waals surface area contributed by atoms with Crippen LogP contribution in [0.3, 0.4) is 0 Å². The Morgan fingerprint density at radius 2 is 2.08 bits per heavy atom. The Hall–Kier alpha value is -1.08. The Morgan fingerprint density at radius 3 is 2.58 bits per heavy atom.